The number of nitrogens with zero attached hydrogens (tertiary/aromatic N) is 5. The number of fused-ring (bicyclic) bond motifs is 6. The second-order valence-electron chi connectivity index (χ2n) is 13.9. The second-order valence-corrected chi connectivity index (χ2v) is 13.9. The number of para-hydroxylation sites is 3. The van der Waals surface area contributed by atoms with E-state index in [-0.39, 0.29) is 28.7 Å². The standard InChI is InChI=1S/C47H27F6N5/c48-46(49,50)32-20-14-28(15-21-32)43-54-44(29-16-22-33(23-17-29)47(51,52)53)56-45(55-43)58-40-13-7-5-11-36(40)38-27-31(19-25-42(38)58)30-18-24-41-37(26-30)35-10-4-6-12-39(35)57(41)34-8-2-1-3-9-34/h1-27H. The van der Waals surface area contributed by atoms with E-state index >= 15 is 0 Å². The zero-order valence-corrected chi connectivity index (χ0v) is 30.1. The van der Waals surface area contributed by atoms with E-state index in [2.05, 4.69) is 58.1 Å². The van der Waals surface area contributed by atoms with Crippen molar-refractivity contribution in [2.45, 2.75) is 12.4 Å². The van der Waals surface area contributed by atoms with Gasteiger partial charge in [-0.05, 0) is 83.9 Å². The van der Waals surface area contributed by atoms with Crippen LogP contribution in [0.1, 0.15) is 11.1 Å². The molecule has 0 unspecified atom stereocenters. The van der Waals surface area contributed by atoms with E-state index in [1.165, 1.54) is 24.3 Å². The molecule has 0 bridgehead atoms. The van der Waals surface area contributed by atoms with Crippen molar-refractivity contribution in [1.82, 2.24) is 24.1 Å². The topological polar surface area (TPSA) is 48.5 Å². The first-order chi connectivity index (χ1) is 28.0. The van der Waals surface area contributed by atoms with E-state index in [0.29, 0.717) is 0 Å². The van der Waals surface area contributed by atoms with E-state index in [4.69, 9.17) is 9.97 Å². The van der Waals surface area contributed by atoms with Crippen LogP contribution in [0.3, 0.4) is 0 Å². The van der Waals surface area contributed by atoms with Gasteiger partial charge in [-0.3, -0.25) is 4.57 Å². The average Bonchev–Trinajstić information content (AvgIpc) is 3.75. The zero-order valence-electron chi connectivity index (χ0n) is 30.1. The third kappa shape index (κ3) is 5.94. The molecule has 0 N–H and O–H groups in total. The molecule has 0 amide bonds. The van der Waals surface area contributed by atoms with Crippen LogP contribution < -0.4 is 0 Å². The fourth-order valence-corrected chi connectivity index (χ4v) is 7.72. The van der Waals surface area contributed by atoms with Gasteiger partial charge in [-0.15, -0.1) is 0 Å². The molecule has 7 aromatic carbocycles. The molecule has 0 spiro atoms. The Hall–Kier alpha value is -7.27. The van der Waals surface area contributed by atoms with Gasteiger partial charge in [0, 0.05) is 38.4 Å². The lowest BCUT2D eigenvalue weighted by molar-refractivity contribution is -0.138. The largest absolute Gasteiger partial charge is 0.416 e. The first kappa shape index (κ1) is 35.2. The predicted molar refractivity (Wildman–Crippen MR) is 215 cm³/mol. The highest BCUT2D eigenvalue weighted by Crippen LogP contribution is 2.39. The Morgan fingerprint density at radius 2 is 0.741 bits per heavy atom. The van der Waals surface area contributed by atoms with E-state index in [1.807, 2.05) is 71.3 Å². The van der Waals surface area contributed by atoms with Crippen molar-refractivity contribution in [1.29, 1.82) is 0 Å². The molecule has 0 fully saturated rings. The number of hydrogen-bond acceptors (Lipinski definition) is 3. The van der Waals surface area contributed by atoms with Gasteiger partial charge in [-0.1, -0.05) is 91.0 Å². The van der Waals surface area contributed by atoms with Crippen LogP contribution in [0.4, 0.5) is 26.3 Å². The summed E-state index contributed by atoms with van der Waals surface area (Å²) in [6, 6.07) is 47.7. The summed E-state index contributed by atoms with van der Waals surface area (Å²) in [5, 5.41) is 4.03. The fourth-order valence-electron chi connectivity index (χ4n) is 7.72. The maximum atomic E-state index is 13.5. The SMILES string of the molecule is FC(F)(F)c1ccc(-c2nc(-c3ccc(C(F)(F)F)cc3)nc(-n3c4ccccc4c4cc(-c5ccc6c(c5)c5ccccc5n6-c5ccccc5)ccc43)n2)cc1. The molecule has 0 saturated heterocycles. The molecule has 3 aromatic heterocycles. The second kappa shape index (κ2) is 13.2. The predicted octanol–water partition coefficient (Wildman–Crippen LogP) is 13.1. The zero-order chi connectivity index (χ0) is 39.8. The van der Waals surface area contributed by atoms with Crippen molar-refractivity contribution >= 4 is 43.6 Å². The Morgan fingerprint density at radius 3 is 1.22 bits per heavy atom. The van der Waals surface area contributed by atoms with Gasteiger partial charge < -0.3 is 4.57 Å². The third-order valence-electron chi connectivity index (χ3n) is 10.5. The lowest BCUT2D eigenvalue weighted by Gasteiger charge is -2.12. The van der Waals surface area contributed by atoms with Gasteiger partial charge in [0.25, 0.3) is 0 Å². The van der Waals surface area contributed by atoms with Crippen molar-refractivity contribution in [2.24, 2.45) is 0 Å². The molecular weight excluding hydrogens is 749 g/mol. The molecule has 10 rings (SSSR count). The fraction of sp³-hybridized carbons (Fsp3) is 0.0426. The van der Waals surface area contributed by atoms with E-state index in [0.717, 1.165) is 84.7 Å². The van der Waals surface area contributed by atoms with E-state index in [9.17, 15) is 26.3 Å². The van der Waals surface area contributed by atoms with Crippen LogP contribution in [0.25, 0.3) is 89.2 Å². The van der Waals surface area contributed by atoms with Crippen LogP contribution in [0, 0.1) is 0 Å². The molecule has 0 radical (unpaired) electrons. The van der Waals surface area contributed by atoms with E-state index in [1.54, 1.807) is 0 Å². The highest BCUT2D eigenvalue weighted by Gasteiger charge is 2.31. The Morgan fingerprint density at radius 1 is 0.345 bits per heavy atom. The summed E-state index contributed by atoms with van der Waals surface area (Å²) in [5.74, 6) is 0.257. The normalized spacial score (nSPS) is 12.3. The van der Waals surface area contributed by atoms with Crippen molar-refractivity contribution in [3.63, 3.8) is 0 Å². The third-order valence-corrected chi connectivity index (χ3v) is 10.5. The monoisotopic (exact) mass is 775 g/mol. The summed E-state index contributed by atoms with van der Waals surface area (Å²) in [4.78, 5) is 14.1. The Balaban J connectivity index is 1.14. The Bertz CT molecular complexity index is 3110. The lowest BCUT2D eigenvalue weighted by Crippen LogP contribution is -2.08. The van der Waals surface area contributed by atoms with Crippen LogP contribution >= 0.6 is 0 Å². The van der Waals surface area contributed by atoms with Gasteiger partial charge in [0.15, 0.2) is 11.6 Å². The molecule has 5 nitrogen and oxygen atoms in total. The molecule has 3 heterocycles. The molecule has 282 valence electrons. The quantitative estimate of drug-likeness (QED) is 0.164. The summed E-state index contributed by atoms with van der Waals surface area (Å²) < 4.78 is 85.0. The van der Waals surface area contributed by atoms with E-state index < -0.39 is 23.5 Å². The van der Waals surface area contributed by atoms with Crippen LogP contribution in [-0.2, 0) is 12.4 Å². The van der Waals surface area contributed by atoms with Crippen LogP contribution in [-0.4, -0.2) is 24.1 Å². The average molecular weight is 776 g/mol. The summed E-state index contributed by atoms with van der Waals surface area (Å²) >= 11 is 0. The first-order valence-corrected chi connectivity index (χ1v) is 18.3. The summed E-state index contributed by atoms with van der Waals surface area (Å²) in [6.07, 6.45) is -9.11. The van der Waals surface area contributed by atoms with Crippen LogP contribution in [0.2, 0.25) is 0 Å². The van der Waals surface area contributed by atoms with Crippen LogP contribution in [0.5, 0.6) is 0 Å². The number of rotatable bonds is 5. The summed E-state index contributed by atoms with van der Waals surface area (Å²) in [7, 11) is 0. The minimum atomic E-state index is -4.55. The molecule has 10 aromatic rings. The minimum Gasteiger partial charge on any atom is -0.309 e. The molecule has 0 atom stereocenters. The number of alkyl halides is 6. The Labute approximate surface area is 326 Å². The first-order valence-electron chi connectivity index (χ1n) is 18.3. The summed E-state index contributed by atoms with van der Waals surface area (Å²) in [6.45, 7) is 0. The minimum absolute atomic E-state index is 0.0548. The highest BCUT2D eigenvalue weighted by atomic mass is 19.4. The highest BCUT2D eigenvalue weighted by molar-refractivity contribution is 6.12. The number of halogens is 6. The molecule has 0 aliphatic heterocycles. The molecule has 58 heavy (non-hydrogen) atoms. The van der Waals surface area contributed by atoms with Gasteiger partial charge in [-0.2, -0.15) is 36.3 Å². The Kier molecular flexibility index (Phi) is 7.98. The lowest BCUT2D eigenvalue weighted by atomic mass is 10.0. The number of hydrogen-bond donors (Lipinski definition) is 0. The van der Waals surface area contributed by atoms with Crippen molar-refractivity contribution in [2.75, 3.05) is 0 Å². The van der Waals surface area contributed by atoms with Crippen molar-refractivity contribution in [3.05, 3.63) is 175 Å². The number of aromatic nitrogens is 5. The van der Waals surface area contributed by atoms with Crippen molar-refractivity contribution in [3.8, 4) is 45.5 Å². The van der Waals surface area contributed by atoms with Gasteiger partial charge in [0.05, 0.1) is 33.2 Å². The summed E-state index contributed by atoms with van der Waals surface area (Å²) in [5.41, 5.74) is 5.59. The molecule has 0 aliphatic rings. The molecule has 0 aliphatic carbocycles. The van der Waals surface area contributed by atoms with Crippen molar-refractivity contribution < 1.29 is 26.3 Å². The molecular formula is C47H27F6N5. The molecule has 0 saturated carbocycles. The maximum Gasteiger partial charge on any atom is 0.416 e. The molecule has 11 heteroatoms. The maximum absolute atomic E-state index is 13.5. The van der Waals surface area contributed by atoms with Gasteiger partial charge in [0.2, 0.25) is 5.95 Å². The van der Waals surface area contributed by atoms with Gasteiger partial charge >= 0.3 is 12.4 Å². The van der Waals surface area contributed by atoms with Crippen LogP contribution in [0.15, 0.2) is 164 Å². The van der Waals surface area contributed by atoms with Gasteiger partial charge in [0.1, 0.15) is 0 Å². The van der Waals surface area contributed by atoms with Gasteiger partial charge in [-0.25, -0.2) is 4.98 Å². The smallest absolute Gasteiger partial charge is 0.309 e. The number of benzene rings is 7.